The van der Waals surface area contributed by atoms with E-state index in [2.05, 4.69) is 4.98 Å². The number of carbonyl (C=O) groups is 2. The Morgan fingerprint density at radius 2 is 2.13 bits per heavy atom. The number of pyridine rings is 1. The number of fused-ring (bicyclic) bond motifs is 1. The third-order valence-electron chi connectivity index (χ3n) is 4.19. The van der Waals surface area contributed by atoms with E-state index in [-0.39, 0.29) is 5.91 Å². The molecular formula is C17H18N2O4. The molecule has 0 spiro atoms. The van der Waals surface area contributed by atoms with Crippen LogP contribution in [0.15, 0.2) is 30.5 Å². The number of aliphatic carboxylic acids is 1. The molecule has 0 saturated carbocycles. The van der Waals surface area contributed by atoms with Gasteiger partial charge in [0.1, 0.15) is 11.8 Å². The Morgan fingerprint density at radius 3 is 2.87 bits per heavy atom. The van der Waals surface area contributed by atoms with Crippen molar-refractivity contribution in [2.24, 2.45) is 0 Å². The Morgan fingerprint density at radius 1 is 1.30 bits per heavy atom. The van der Waals surface area contributed by atoms with E-state index in [0.717, 1.165) is 23.7 Å². The fraction of sp³-hybridized carbons (Fsp3) is 0.353. The maximum absolute atomic E-state index is 12.7. The average molecular weight is 314 g/mol. The van der Waals surface area contributed by atoms with Gasteiger partial charge in [0.25, 0.3) is 5.91 Å². The van der Waals surface area contributed by atoms with Crippen molar-refractivity contribution in [3.05, 3.63) is 36.0 Å². The lowest BCUT2D eigenvalue weighted by molar-refractivity contribution is -0.143. The van der Waals surface area contributed by atoms with E-state index < -0.39 is 12.0 Å². The maximum atomic E-state index is 12.7. The fourth-order valence-electron chi connectivity index (χ4n) is 2.94. The third-order valence-corrected chi connectivity index (χ3v) is 4.19. The van der Waals surface area contributed by atoms with E-state index in [1.807, 2.05) is 6.07 Å². The normalized spacial score (nSPS) is 18.0. The lowest BCUT2D eigenvalue weighted by Crippen LogP contribution is -2.48. The van der Waals surface area contributed by atoms with E-state index in [1.54, 1.807) is 25.3 Å². The molecule has 6 nitrogen and oxygen atoms in total. The van der Waals surface area contributed by atoms with Gasteiger partial charge in [0.2, 0.25) is 0 Å². The molecule has 3 rings (SSSR count). The van der Waals surface area contributed by atoms with Gasteiger partial charge < -0.3 is 14.7 Å². The monoisotopic (exact) mass is 314 g/mol. The Labute approximate surface area is 133 Å². The van der Waals surface area contributed by atoms with E-state index in [1.165, 1.54) is 11.1 Å². The van der Waals surface area contributed by atoms with Crippen molar-refractivity contribution in [2.45, 2.75) is 25.3 Å². The highest BCUT2D eigenvalue weighted by Gasteiger charge is 2.32. The zero-order chi connectivity index (χ0) is 16.4. The molecule has 1 saturated heterocycles. The predicted molar refractivity (Wildman–Crippen MR) is 84.6 cm³/mol. The van der Waals surface area contributed by atoms with E-state index in [4.69, 9.17) is 4.74 Å². The van der Waals surface area contributed by atoms with Gasteiger partial charge in [-0.15, -0.1) is 0 Å². The zero-order valence-corrected chi connectivity index (χ0v) is 12.9. The largest absolute Gasteiger partial charge is 0.497 e. The van der Waals surface area contributed by atoms with Gasteiger partial charge in [-0.1, -0.05) is 0 Å². The Hall–Kier alpha value is -2.63. The van der Waals surface area contributed by atoms with Gasteiger partial charge in [0, 0.05) is 24.2 Å². The van der Waals surface area contributed by atoms with Crippen LogP contribution >= 0.6 is 0 Å². The minimum atomic E-state index is -0.948. The first-order chi connectivity index (χ1) is 11.1. The number of aromatic nitrogens is 1. The Bertz CT molecular complexity index is 759. The number of nitrogens with zero attached hydrogens (tertiary/aromatic N) is 2. The molecule has 0 radical (unpaired) electrons. The Balaban J connectivity index is 1.92. The highest BCUT2D eigenvalue weighted by atomic mass is 16.5. The van der Waals surface area contributed by atoms with Crippen LogP contribution in [-0.4, -0.2) is 46.6 Å². The number of ether oxygens (including phenoxy) is 1. The molecule has 0 aliphatic carbocycles. The van der Waals surface area contributed by atoms with Gasteiger partial charge in [-0.05, 0) is 37.5 Å². The fourth-order valence-corrected chi connectivity index (χ4v) is 2.94. The second-order valence-electron chi connectivity index (χ2n) is 5.63. The van der Waals surface area contributed by atoms with Gasteiger partial charge in [-0.2, -0.15) is 0 Å². The molecule has 23 heavy (non-hydrogen) atoms. The van der Waals surface area contributed by atoms with Crippen LogP contribution in [-0.2, 0) is 4.79 Å². The SMILES string of the molecule is COc1ccc2cc(C(=O)N3CCCC[C@@H]3C(=O)O)cnc2c1. The first kappa shape index (κ1) is 15.3. The lowest BCUT2D eigenvalue weighted by Gasteiger charge is -2.32. The summed E-state index contributed by atoms with van der Waals surface area (Å²) in [5, 5.41) is 10.1. The summed E-state index contributed by atoms with van der Waals surface area (Å²) in [4.78, 5) is 29.8. The van der Waals surface area contributed by atoms with Crippen LogP contribution in [0.25, 0.3) is 10.9 Å². The van der Waals surface area contributed by atoms with Crippen LogP contribution in [0.5, 0.6) is 5.75 Å². The van der Waals surface area contributed by atoms with Crippen molar-refractivity contribution in [3.8, 4) is 5.75 Å². The maximum Gasteiger partial charge on any atom is 0.326 e. The highest BCUT2D eigenvalue weighted by Crippen LogP contribution is 2.23. The van der Waals surface area contributed by atoms with Crippen molar-refractivity contribution >= 4 is 22.8 Å². The smallest absolute Gasteiger partial charge is 0.326 e. The van der Waals surface area contributed by atoms with Gasteiger partial charge in [0.15, 0.2) is 0 Å². The van der Waals surface area contributed by atoms with Crippen molar-refractivity contribution in [1.82, 2.24) is 9.88 Å². The molecule has 2 heterocycles. The van der Waals surface area contributed by atoms with E-state index >= 15 is 0 Å². The number of rotatable bonds is 3. The van der Waals surface area contributed by atoms with Gasteiger partial charge in [-0.3, -0.25) is 9.78 Å². The van der Waals surface area contributed by atoms with Gasteiger partial charge >= 0.3 is 5.97 Å². The number of benzene rings is 1. The van der Waals surface area contributed by atoms with Gasteiger partial charge in [0.05, 0.1) is 18.2 Å². The molecule has 0 unspecified atom stereocenters. The third kappa shape index (κ3) is 2.97. The topological polar surface area (TPSA) is 79.7 Å². The molecule has 1 amide bonds. The molecule has 120 valence electrons. The number of carboxylic acid groups (broad SMARTS) is 1. The number of amides is 1. The standard InChI is InChI=1S/C17H18N2O4/c1-23-13-6-5-11-8-12(10-18-14(11)9-13)16(20)19-7-3-2-4-15(19)17(21)22/h5-6,8-10,15H,2-4,7H2,1H3,(H,21,22)/t15-/m1/s1. The summed E-state index contributed by atoms with van der Waals surface area (Å²) in [5.74, 6) is -0.523. The number of methoxy groups -OCH3 is 1. The van der Waals surface area contributed by atoms with Crippen LogP contribution in [0.1, 0.15) is 29.6 Å². The number of hydrogen-bond donors (Lipinski definition) is 1. The quantitative estimate of drug-likeness (QED) is 0.940. The van der Waals surface area contributed by atoms with Crippen LogP contribution in [0.3, 0.4) is 0 Å². The number of likely N-dealkylation sites (tertiary alicyclic amines) is 1. The molecule has 1 fully saturated rings. The molecule has 1 atom stereocenters. The second kappa shape index (κ2) is 6.24. The average Bonchev–Trinajstić information content (AvgIpc) is 2.60. The van der Waals surface area contributed by atoms with Gasteiger partial charge in [-0.25, -0.2) is 4.79 Å². The number of piperidine rings is 1. The number of carboxylic acids is 1. The predicted octanol–water partition coefficient (Wildman–Crippen LogP) is 2.32. The molecule has 1 N–H and O–H groups in total. The molecule has 2 aromatic rings. The molecule has 6 heteroatoms. The minimum absolute atomic E-state index is 0.276. The molecule has 1 aliphatic rings. The van der Waals surface area contributed by atoms with E-state index in [0.29, 0.717) is 24.3 Å². The summed E-state index contributed by atoms with van der Waals surface area (Å²) >= 11 is 0. The van der Waals surface area contributed by atoms with E-state index in [9.17, 15) is 14.7 Å². The molecule has 0 bridgehead atoms. The van der Waals surface area contributed by atoms with Crippen molar-refractivity contribution in [2.75, 3.05) is 13.7 Å². The van der Waals surface area contributed by atoms with Crippen molar-refractivity contribution in [3.63, 3.8) is 0 Å². The molecule has 1 aliphatic heterocycles. The van der Waals surface area contributed by atoms with Crippen LogP contribution < -0.4 is 4.74 Å². The summed E-state index contributed by atoms with van der Waals surface area (Å²) in [6.45, 7) is 0.469. The Kier molecular flexibility index (Phi) is 4.14. The summed E-state index contributed by atoms with van der Waals surface area (Å²) in [7, 11) is 1.58. The summed E-state index contributed by atoms with van der Waals surface area (Å²) in [5.41, 5.74) is 1.14. The highest BCUT2D eigenvalue weighted by molar-refractivity contribution is 5.99. The number of hydrogen-bond acceptors (Lipinski definition) is 4. The summed E-state index contributed by atoms with van der Waals surface area (Å²) in [6, 6.07) is 6.44. The second-order valence-corrected chi connectivity index (χ2v) is 5.63. The van der Waals surface area contributed by atoms with Crippen LogP contribution in [0.2, 0.25) is 0 Å². The minimum Gasteiger partial charge on any atom is -0.497 e. The van der Waals surface area contributed by atoms with Crippen molar-refractivity contribution in [1.29, 1.82) is 0 Å². The number of carbonyl (C=O) groups excluding carboxylic acids is 1. The van der Waals surface area contributed by atoms with Crippen LogP contribution in [0.4, 0.5) is 0 Å². The molecule has 1 aromatic heterocycles. The first-order valence-corrected chi connectivity index (χ1v) is 7.58. The summed E-state index contributed by atoms with van der Waals surface area (Å²) < 4.78 is 5.16. The molecule has 1 aromatic carbocycles. The van der Waals surface area contributed by atoms with Crippen molar-refractivity contribution < 1.29 is 19.4 Å². The first-order valence-electron chi connectivity index (χ1n) is 7.58. The van der Waals surface area contributed by atoms with Crippen LogP contribution in [0, 0.1) is 0 Å². The lowest BCUT2D eigenvalue weighted by atomic mass is 10.0. The molecular weight excluding hydrogens is 296 g/mol. The zero-order valence-electron chi connectivity index (χ0n) is 12.9. The summed E-state index contributed by atoms with van der Waals surface area (Å²) in [6.07, 6.45) is 3.65.